The highest BCUT2D eigenvalue weighted by atomic mass is 32.2. The molecule has 0 aliphatic carbocycles. The summed E-state index contributed by atoms with van der Waals surface area (Å²) in [6, 6.07) is 13.8. The van der Waals surface area contributed by atoms with E-state index in [4.69, 9.17) is 4.74 Å². The second-order valence-electron chi connectivity index (χ2n) is 5.79. The Morgan fingerprint density at radius 3 is 2.72 bits per heavy atom. The average Bonchev–Trinajstić information content (AvgIpc) is 2.68. The average molecular weight is 357 g/mol. The number of benzene rings is 1. The fourth-order valence-electron chi connectivity index (χ4n) is 2.86. The summed E-state index contributed by atoms with van der Waals surface area (Å²) in [6.45, 7) is 3.47. The molecule has 2 heterocycles. The Morgan fingerprint density at radius 1 is 1.20 bits per heavy atom. The molecule has 132 valence electrons. The van der Waals surface area contributed by atoms with E-state index in [0.717, 1.165) is 24.4 Å². The van der Waals surface area contributed by atoms with Crippen LogP contribution in [0, 0.1) is 0 Å². The number of hydrogen-bond donors (Lipinski definition) is 1. The second kappa shape index (κ2) is 9.56. The van der Waals surface area contributed by atoms with Gasteiger partial charge in [0.15, 0.2) is 0 Å². The lowest BCUT2D eigenvalue weighted by Crippen LogP contribution is -2.46. The van der Waals surface area contributed by atoms with Gasteiger partial charge in [-0.2, -0.15) is 0 Å². The number of carbonyl (C=O) groups excluding carboxylic acids is 1. The Bertz CT molecular complexity index is 648. The highest BCUT2D eigenvalue weighted by Gasteiger charge is 2.28. The first-order valence-electron chi connectivity index (χ1n) is 8.52. The van der Waals surface area contributed by atoms with Gasteiger partial charge in [-0.15, -0.1) is 11.8 Å². The molecule has 0 unspecified atom stereocenters. The molecular formula is C19H23N3O2S. The fourth-order valence-corrected chi connectivity index (χ4v) is 3.65. The molecule has 1 aromatic heterocycles. The van der Waals surface area contributed by atoms with Crippen LogP contribution in [0.3, 0.4) is 0 Å². The number of nitrogens with zero attached hydrogens (tertiary/aromatic N) is 2. The van der Waals surface area contributed by atoms with Crippen LogP contribution >= 0.6 is 11.8 Å². The van der Waals surface area contributed by atoms with Crippen LogP contribution in [0.15, 0.2) is 59.8 Å². The molecule has 1 fully saturated rings. The smallest absolute Gasteiger partial charge is 0.242 e. The van der Waals surface area contributed by atoms with Crippen LogP contribution in [-0.2, 0) is 9.53 Å². The Morgan fingerprint density at radius 2 is 2.00 bits per heavy atom. The molecule has 1 amide bonds. The van der Waals surface area contributed by atoms with E-state index in [1.807, 2.05) is 30.3 Å². The predicted molar refractivity (Wildman–Crippen MR) is 99.5 cm³/mol. The molecule has 1 aromatic carbocycles. The summed E-state index contributed by atoms with van der Waals surface area (Å²) in [5, 5.41) is 3.08. The maximum Gasteiger partial charge on any atom is 0.242 e. The van der Waals surface area contributed by atoms with Crippen LogP contribution in [-0.4, -0.2) is 54.4 Å². The molecule has 1 saturated heterocycles. The lowest BCUT2D eigenvalue weighted by Gasteiger charge is -2.33. The predicted octanol–water partition coefficient (Wildman–Crippen LogP) is 2.36. The van der Waals surface area contributed by atoms with Gasteiger partial charge in [0, 0.05) is 42.7 Å². The van der Waals surface area contributed by atoms with E-state index in [-0.39, 0.29) is 11.9 Å². The zero-order valence-corrected chi connectivity index (χ0v) is 15.0. The number of carbonyl (C=O) groups is 1. The Balaban J connectivity index is 1.57. The maximum absolute atomic E-state index is 12.8. The molecule has 0 bridgehead atoms. The molecule has 0 saturated carbocycles. The zero-order chi connectivity index (χ0) is 17.3. The van der Waals surface area contributed by atoms with Gasteiger partial charge >= 0.3 is 0 Å². The van der Waals surface area contributed by atoms with Crippen molar-refractivity contribution in [3.63, 3.8) is 0 Å². The molecule has 1 aliphatic rings. The van der Waals surface area contributed by atoms with Crippen LogP contribution in [0.5, 0.6) is 0 Å². The molecule has 25 heavy (non-hydrogen) atoms. The normalized spacial score (nSPS) is 16.3. The summed E-state index contributed by atoms with van der Waals surface area (Å²) < 4.78 is 5.42. The first-order chi connectivity index (χ1) is 12.3. The van der Waals surface area contributed by atoms with Crippen LogP contribution in [0.2, 0.25) is 0 Å². The summed E-state index contributed by atoms with van der Waals surface area (Å²) in [6.07, 6.45) is 3.51. The quantitative estimate of drug-likeness (QED) is 0.609. The molecule has 0 spiro atoms. The van der Waals surface area contributed by atoms with E-state index >= 15 is 0 Å². The number of nitrogens with one attached hydrogen (secondary N) is 1. The molecule has 1 atom stereocenters. The van der Waals surface area contributed by atoms with Gasteiger partial charge in [0.2, 0.25) is 5.91 Å². The van der Waals surface area contributed by atoms with Gasteiger partial charge in [-0.3, -0.25) is 14.7 Å². The summed E-state index contributed by atoms with van der Waals surface area (Å²) in [7, 11) is 0. The van der Waals surface area contributed by atoms with E-state index in [9.17, 15) is 4.79 Å². The van der Waals surface area contributed by atoms with Crippen molar-refractivity contribution < 1.29 is 9.53 Å². The van der Waals surface area contributed by atoms with E-state index in [1.54, 1.807) is 24.2 Å². The summed E-state index contributed by atoms with van der Waals surface area (Å²) in [5.74, 6) is 0.877. The number of rotatable bonds is 7. The van der Waals surface area contributed by atoms with E-state index in [0.29, 0.717) is 19.8 Å². The van der Waals surface area contributed by atoms with Gasteiger partial charge in [-0.25, -0.2) is 0 Å². The molecule has 2 aromatic rings. The first kappa shape index (κ1) is 17.9. The highest BCUT2D eigenvalue weighted by molar-refractivity contribution is 7.99. The van der Waals surface area contributed by atoms with E-state index in [2.05, 4.69) is 27.3 Å². The van der Waals surface area contributed by atoms with Crippen molar-refractivity contribution in [3.05, 3.63) is 60.4 Å². The van der Waals surface area contributed by atoms with Gasteiger partial charge in [-0.05, 0) is 23.8 Å². The number of hydrogen-bond acceptors (Lipinski definition) is 5. The second-order valence-corrected chi connectivity index (χ2v) is 6.96. The fraction of sp³-hybridized carbons (Fsp3) is 0.368. The minimum atomic E-state index is -0.306. The third-order valence-corrected chi connectivity index (χ3v) is 5.09. The standard InChI is InChI=1S/C19H23N3O2S/c23-19(21-9-14-25-17-6-2-1-3-7-17)18(16-5-4-8-20-15-16)22-10-12-24-13-11-22/h1-8,15,18H,9-14H2,(H,21,23)/t18-/m0/s1. The Kier molecular flexibility index (Phi) is 6.85. The number of pyridine rings is 1. The summed E-state index contributed by atoms with van der Waals surface area (Å²) in [4.78, 5) is 20.4. The van der Waals surface area contributed by atoms with Crippen LogP contribution < -0.4 is 5.32 Å². The van der Waals surface area contributed by atoms with Gasteiger partial charge in [0.05, 0.1) is 13.2 Å². The Hall–Kier alpha value is -1.89. The third kappa shape index (κ3) is 5.29. The lowest BCUT2D eigenvalue weighted by molar-refractivity contribution is -0.128. The molecule has 3 rings (SSSR count). The number of amides is 1. The lowest BCUT2D eigenvalue weighted by atomic mass is 10.1. The molecule has 5 nitrogen and oxygen atoms in total. The minimum absolute atomic E-state index is 0.0311. The van der Waals surface area contributed by atoms with Gasteiger partial charge in [0.25, 0.3) is 0 Å². The number of ether oxygens (including phenoxy) is 1. The summed E-state index contributed by atoms with van der Waals surface area (Å²) in [5.41, 5.74) is 0.928. The molecule has 1 aliphatic heterocycles. The van der Waals surface area contributed by atoms with Crippen LogP contribution in [0.25, 0.3) is 0 Å². The van der Waals surface area contributed by atoms with Gasteiger partial charge in [0.1, 0.15) is 6.04 Å². The van der Waals surface area contributed by atoms with Crippen LogP contribution in [0.4, 0.5) is 0 Å². The van der Waals surface area contributed by atoms with Crippen molar-refractivity contribution >= 4 is 17.7 Å². The van der Waals surface area contributed by atoms with Crippen molar-refractivity contribution in [3.8, 4) is 0 Å². The van der Waals surface area contributed by atoms with Crippen molar-refractivity contribution in [2.75, 3.05) is 38.6 Å². The topological polar surface area (TPSA) is 54.5 Å². The highest BCUT2D eigenvalue weighted by Crippen LogP contribution is 2.22. The Labute approximate surface area is 152 Å². The first-order valence-corrected chi connectivity index (χ1v) is 9.50. The van der Waals surface area contributed by atoms with Crippen molar-refractivity contribution in [2.24, 2.45) is 0 Å². The van der Waals surface area contributed by atoms with Crippen LogP contribution in [0.1, 0.15) is 11.6 Å². The van der Waals surface area contributed by atoms with E-state index in [1.165, 1.54) is 4.90 Å². The van der Waals surface area contributed by atoms with Crippen molar-refractivity contribution in [1.29, 1.82) is 0 Å². The van der Waals surface area contributed by atoms with Gasteiger partial charge < -0.3 is 10.1 Å². The third-order valence-electron chi connectivity index (χ3n) is 4.07. The number of morpholine rings is 1. The zero-order valence-electron chi connectivity index (χ0n) is 14.1. The molecule has 6 heteroatoms. The van der Waals surface area contributed by atoms with E-state index < -0.39 is 0 Å². The maximum atomic E-state index is 12.8. The molecule has 1 N–H and O–H groups in total. The number of aromatic nitrogens is 1. The summed E-state index contributed by atoms with van der Waals surface area (Å²) >= 11 is 1.74. The van der Waals surface area contributed by atoms with Crippen molar-refractivity contribution in [1.82, 2.24) is 15.2 Å². The minimum Gasteiger partial charge on any atom is -0.379 e. The molecular weight excluding hydrogens is 334 g/mol. The molecule has 0 radical (unpaired) electrons. The SMILES string of the molecule is O=C(NCCSc1ccccc1)[C@H](c1cccnc1)N1CCOCC1. The monoisotopic (exact) mass is 357 g/mol. The largest absolute Gasteiger partial charge is 0.379 e. The van der Waals surface area contributed by atoms with Gasteiger partial charge in [-0.1, -0.05) is 24.3 Å². The number of thioether (sulfide) groups is 1. The van der Waals surface area contributed by atoms with Crippen molar-refractivity contribution in [2.45, 2.75) is 10.9 Å².